The molecule has 28 heavy (non-hydrogen) atoms. The van der Waals surface area contributed by atoms with Crippen LogP contribution >= 0.6 is 11.6 Å². The molecule has 146 valence electrons. The van der Waals surface area contributed by atoms with E-state index in [0.717, 1.165) is 0 Å². The third-order valence-electron chi connectivity index (χ3n) is 3.96. The molecule has 0 spiro atoms. The van der Waals surface area contributed by atoms with Crippen molar-refractivity contribution in [2.45, 2.75) is 13.1 Å². The average molecular weight is 411 g/mol. The molecule has 0 bridgehead atoms. The lowest BCUT2D eigenvalue weighted by atomic mass is 10.1. The lowest BCUT2D eigenvalue weighted by molar-refractivity contribution is -0.123. The van der Waals surface area contributed by atoms with Crippen LogP contribution < -0.4 is 10.6 Å². The maximum absolute atomic E-state index is 12.5. The summed E-state index contributed by atoms with van der Waals surface area (Å²) >= 11 is 5.96. The molecule has 9 heteroatoms. The Labute approximate surface area is 162 Å². The third kappa shape index (κ3) is 4.45. The van der Waals surface area contributed by atoms with E-state index in [9.17, 15) is 22.8 Å². The Morgan fingerprint density at radius 2 is 1.75 bits per heavy atom. The molecule has 0 radical (unpaired) electrons. The Kier molecular flexibility index (Phi) is 5.33. The molecule has 0 fully saturated rings. The van der Waals surface area contributed by atoms with Gasteiger partial charge in [0.15, 0.2) is 5.76 Å². The Balaban J connectivity index is 1.71. The number of carbonyl (C=O) groups excluding carboxylic acids is 2. The van der Waals surface area contributed by atoms with Crippen molar-refractivity contribution in [3.8, 4) is 0 Å². The number of anilines is 1. The predicted octanol–water partition coefficient (Wildman–Crippen LogP) is 4.94. The highest BCUT2D eigenvalue weighted by Crippen LogP contribution is 2.28. The zero-order chi connectivity index (χ0) is 20.5. The van der Waals surface area contributed by atoms with E-state index in [4.69, 9.17) is 16.0 Å². The van der Waals surface area contributed by atoms with Gasteiger partial charge in [0.25, 0.3) is 11.8 Å². The number of rotatable bonds is 4. The number of hydrogen-bond donors (Lipinski definition) is 2. The summed E-state index contributed by atoms with van der Waals surface area (Å²) in [6, 6.07) is 10.5. The molecule has 2 aromatic carbocycles. The zero-order valence-corrected chi connectivity index (χ0v) is 15.2. The Morgan fingerprint density at radius 3 is 2.39 bits per heavy atom. The number of fused-ring (bicyclic) bond motifs is 1. The average Bonchev–Trinajstić information content (AvgIpc) is 2.96. The summed E-state index contributed by atoms with van der Waals surface area (Å²) in [6.45, 7) is 0.310. The molecule has 0 saturated heterocycles. The minimum atomic E-state index is -4.49. The molecule has 0 unspecified atom stereocenters. The van der Waals surface area contributed by atoms with Crippen LogP contribution in [0.4, 0.5) is 18.9 Å². The second-order valence-corrected chi connectivity index (χ2v) is 6.46. The molecule has 0 aliphatic carbocycles. The van der Waals surface area contributed by atoms with Gasteiger partial charge in [0.2, 0.25) is 0 Å². The number of halogens is 4. The smallest absolute Gasteiger partial charge is 0.405 e. The summed E-state index contributed by atoms with van der Waals surface area (Å²) < 4.78 is 42.0. The molecule has 3 rings (SSSR count). The summed E-state index contributed by atoms with van der Waals surface area (Å²) in [5.41, 5.74) is 1.54. The summed E-state index contributed by atoms with van der Waals surface area (Å²) in [7, 11) is 0. The molecule has 5 nitrogen and oxygen atoms in total. The normalized spacial score (nSPS) is 11.5. The maximum Gasteiger partial charge on any atom is 0.405 e. The first-order valence-electron chi connectivity index (χ1n) is 8.09. The van der Waals surface area contributed by atoms with Crippen molar-refractivity contribution in [2.24, 2.45) is 0 Å². The van der Waals surface area contributed by atoms with Crippen LogP contribution in [0.3, 0.4) is 0 Å². The van der Waals surface area contributed by atoms with Crippen LogP contribution in [-0.2, 0) is 0 Å². The Hall–Kier alpha value is -3.00. The number of alkyl halides is 3. The van der Waals surface area contributed by atoms with Crippen molar-refractivity contribution in [1.82, 2.24) is 5.32 Å². The quantitative estimate of drug-likeness (QED) is 0.640. The number of benzene rings is 2. The fourth-order valence-corrected chi connectivity index (χ4v) is 2.76. The van der Waals surface area contributed by atoms with Crippen LogP contribution in [0.2, 0.25) is 5.02 Å². The molecular formula is C19H14ClF3N2O3. The molecular weight excluding hydrogens is 397 g/mol. The molecule has 1 aromatic heterocycles. The maximum atomic E-state index is 12.5. The van der Waals surface area contributed by atoms with Gasteiger partial charge in [-0.3, -0.25) is 9.59 Å². The fraction of sp³-hybridized carbons (Fsp3) is 0.158. The van der Waals surface area contributed by atoms with Crippen molar-refractivity contribution in [3.05, 3.63) is 64.4 Å². The van der Waals surface area contributed by atoms with Crippen molar-refractivity contribution in [2.75, 3.05) is 11.9 Å². The molecule has 0 saturated carbocycles. The molecule has 1 heterocycles. The number of furan rings is 1. The van der Waals surface area contributed by atoms with Gasteiger partial charge in [-0.1, -0.05) is 11.6 Å². The topological polar surface area (TPSA) is 71.3 Å². The highest BCUT2D eigenvalue weighted by molar-refractivity contribution is 6.31. The van der Waals surface area contributed by atoms with Crippen LogP contribution in [0.1, 0.15) is 26.5 Å². The van der Waals surface area contributed by atoms with Crippen LogP contribution in [-0.4, -0.2) is 24.5 Å². The second-order valence-electron chi connectivity index (χ2n) is 6.03. The zero-order valence-electron chi connectivity index (χ0n) is 14.5. The lowest BCUT2D eigenvalue weighted by Crippen LogP contribution is -2.33. The van der Waals surface area contributed by atoms with Gasteiger partial charge in [0.1, 0.15) is 12.1 Å². The van der Waals surface area contributed by atoms with E-state index in [2.05, 4.69) is 5.32 Å². The largest absolute Gasteiger partial charge is 0.451 e. The minimum absolute atomic E-state index is 0.0387. The lowest BCUT2D eigenvalue weighted by Gasteiger charge is -2.09. The van der Waals surface area contributed by atoms with Crippen molar-refractivity contribution >= 4 is 40.1 Å². The Morgan fingerprint density at radius 1 is 1.07 bits per heavy atom. The molecule has 2 N–H and O–H groups in total. The molecule has 0 atom stereocenters. The number of amides is 2. The number of hydrogen-bond acceptors (Lipinski definition) is 3. The van der Waals surface area contributed by atoms with Gasteiger partial charge in [-0.2, -0.15) is 13.2 Å². The van der Waals surface area contributed by atoms with Crippen molar-refractivity contribution in [3.63, 3.8) is 0 Å². The highest BCUT2D eigenvalue weighted by Gasteiger charge is 2.27. The number of nitrogens with one attached hydrogen (secondary N) is 2. The first-order chi connectivity index (χ1) is 13.1. The summed E-state index contributed by atoms with van der Waals surface area (Å²) in [4.78, 5) is 24.2. The van der Waals surface area contributed by atoms with Gasteiger partial charge >= 0.3 is 6.18 Å². The van der Waals surface area contributed by atoms with Crippen LogP contribution in [0.25, 0.3) is 11.0 Å². The highest BCUT2D eigenvalue weighted by atomic mass is 35.5. The molecule has 2 amide bonds. The van der Waals surface area contributed by atoms with Gasteiger partial charge in [-0.25, -0.2) is 0 Å². The van der Waals surface area contributed by atoms with E-state index in [1.54, 1.807) is 30.4 Å². The predicted molar refractivity (Wildman–Crippen MR) is 98.7 cm³/mol. The van der Waals surface area contributed by atoms with E-state index < -0.39 is 24.5 Å². The van der Waals surface area contributed by atoms with Gasteiger partial charge in [0.05, 0.1) is 0 Å². The molecule has 0 aliphatic heterocycles. The fourth-order valence-electron chi connectivity index (χ4n) is 2.59. The van der Waals surface area contributed by atoms with Crippen molar-refractivity contribution < 1.29 is 27.2 Å². The van der Waals surface area contributed by atoms with E-state index in [1.807, 2.05) is 0 Å². The third-order valence-corrected chi connectivity index (χ3v) is 4.19. The second kappa shape index (κ2) is 7.55. The standard InChI is InChI=1S/C19H14ClF3N2O3/c1-10-14-8-12(20)4-7-15(14)28-16(10)18(27)25-13-5-2-11(3-6-13)17(26)24-9-19(21,22)23/h2-8H,9H2,1H3,(H,24,26)(H,25,27). The van der Waals surface area contributed by atoms with Crippen LogP contribution in [0, 0.1) is 6.92 Å². The van der Waals surface area contributed by atoms with E-state index in [-0.39, 0.29) is 11.3 Å². The Bertz CT molecular complexity index is 1040. The SMILES string of the molecule is Cc1c(C(=O)Nc2ccc(C(=O)NCC(F)(F)F)cc2)oc2ccc(Cl)cc12. The van der Waals surface area contributed by atoms with Crippen LogP contribution in [0.5, 0.6) is 0 Å². The van der Waals surface area contributed by atoms with Gasteiger partial charge in [-0.15, -0.1) is 0 Å². The number of carbonyl (C=O) groups is 2. The molecule has 3 aromatic rings. The first-order valence-corrected chi connectivity index (χ1v) is 8.47. The van der Waals surface area contributed by atoms with E-state index >= 15 is 0 Å². The van der Waals surface area contributed by atoms with Gasteiger partial charge in [0, 0.05) is 27.2 Å². The monoisotopic (exact) mass is 410 g/mol. The minimum Gasteiger partial charge on any atom is -0.451 e. The van der Waals surface area contributed by atoms with Gasteiger partial charge in [-0.05, 0) is 49.4 Å². The van der Waals surface area contributed by atoms with Crippen LogP contribution in [0.15, 0.2) is 46.9 Å². The van der Waals surface area contributed by atoms with Crippen molar-refractivity contribution in [1.29, 1.82) is 0 Å². The summed E-state index contributed by atoms with van der Waals surface area (Å²) in [6.07, 6.45) is -4.49. The van der Waals surface area contributed by atoms with E-state index in [0.29, 0.717) is 27.2 Å². The summed E-state index contributed by atoms with van der Waals surface area (Å²) in [5, 5.41) is 5.63. The van der Waals surface area contributed by atoms with Gasteiger partial charge < -0.3 is 15.1 Å². The van der Waals surface area contributed by atoms with E-state index in [1.165, 1.54) is 24.3 Å². The first kappa shape index (κ1) is 19.8. The molecule has 0 aliphatic rings. The summed E-state index contributed by atoms with van der Waals surface area (Å²) in [5.74, 6) is -1.25. The number of aryl methyl sites for hydroxylation is 1.